The van der Waals surface area contributed by atoms with Gasteiger partial charge in [-0.3, -0.25) is 9.59 Å². The van der Waals surface area contributed by atoms with E-state index in [4.69, 9.17) is 9.84 Å². The van der Waals surface area contributed by atoms with Gasteiger partial charge in [0.05, 0.1) is 6.42 Å². The molecule has 18 heavy (non-hydrogen) atoms. The summed E-state index contributed by atoms with van der Waals surface area (Å²) in [5.74, 6) is -0.492. The zero-order chi connectivity index (χ0) is 13.1. The van der Waals surface area contributed by atoms with Gasteiger partial charge in [0.2, 0.25) is 0 Å². The Bertz CT molecular complexity index is 472. The van der Waals surface area contributed by atoms with Crippen LogP contribution < -0.4 is 10.1 Å². The van der Waals surface area contributed by atoms with Crippen LogP contribution in [0.2, 0.25) is 0 Å². The molecule has 0 spiro atoms. The van der Waals surface area contributed by atoms with Crippen molar-refractivity contribution >= 4 is 11.9 Å². The predicted molar refractivity (Wildman–Crippen MR) is 64.5 cm³/mol. The molecule has 5 nitrogen and oxygen atoms in total. The molecule has 2 atom stereocenters. The van der Waals surface area contributed by atoms with E-state index in [1.54, 1.807) is 0 Å². The van der Waals surface area contributed by atoms with E-state index < -0.39 is 12.1 Å². The normalized spacial score (nSPS) is 20.9. The van der Waals surface area contributed by atoms with E-state index in [-0.39, 0.29) is 24.8 Å². The molecule has 2 rings (SSSR count). The lowest BCUT2D eigenvalue weighted by Crippen LogP contribution is -2.39. The van der Waals surface area contributed by atoms with Crippen molar-refractivity contribution in [2.24, 2.45) is 0 Å². The zero-order valence-corrected chi connectivity index (χ0v) is 10.1. The molecule has 1 heterocycles. The van der Waals surface area contributed by atoms with E-state index >= 15 is 0 Å². The number of aliphatic carboxylic acids is 1. The number of fused-ring (bicyclic) bond motifs is 1. The predicted octanol–water partition coefficient (Wildman–Crippen LogP) is 1.14. The van der Waals surface area contributed by atoms with E-state index in [2.05, 4.69) is 5.32 Å². The van der Waals surface area contributed by atoms with E-state index in [1.807, 2.05) is 31.2 Å². The average Bonchev–Trinajstić information content (AvgIpc) is 2.67. The summed E-state index contributed by atoms with van der Waals surface area (Å²) >= 11 is 0. The number of rotatable bonds is 4. The molecule has 1 amide bonds. The van der Waals surface area contributed by atoms with Crippen LogP contribution in [0.25, 0.3) is 0 Å². The summed E-state index contributed by atoms with van der Waals surface area (Å²) in [4.78, 5) is 22.2. The first-order valence-corrected chi connectivity index (χ1v) is 5.84. The standard InChI is InChI=1S/C13H15NO4/c1-8-9-4-2-3-5-10(9)18-12(8)13(17)14-7-6-11(15)16/h2-5,8,12H,6-7H2,1H3,(H,14,17)(H,15,16)/t8-,12+/m1/s1. The maximum absolute atomic E-state index is 11.9. The third-order valence-corrected chi connectivity index (χ3v) is 3.01. The SMILES string of the molecule is C[C@@H]1c2ccccc2O[C@@H]1C(=O)NCCC(=O)O. The summed E-state index contributed by atoms with van der Waals surface area (Å²) < 4.78 is 5.58. The lowest BCUT2D eigenvalue weighted by atomic mass is 9.97. The first kappa shape index (κ1) is 12.4. The quantitative estimate of drug-likeness (QED) is 0.839. The molecule has 0 aliphatic carbocycles. The molecule has 96 valence electrons. The number of carbonyl (C=O) groups excluding carboxylic acids is 1. The van der Waals surface area contributed by atoms with Crippen LogP contribution in [0.15, 0.2) is 24.3 Å². The molecule has 0 aromatic heterocycles. The number of carboxylic acid groups (broad SMARTS) is 1. The molecular formula is C13H15NO4. The topological polar surface area (TPSA) is 75.6 Å². The molecule has 5 heteroatoms. The minimum Gasteiger partial charge on any atom is -0.481 e. The first-order chi connectivity index (χ1) is 8.59. The van der Waals surface area contributed by atoms with Crippen molar-refractivity contribution in [1.29, 1.82) is 0 Å². The third kappa shape index (κ3) is 2.45. The molecule has 0 saturated heterocycles. The van der Waals surface area contributed by atoms with Crippen molar-refractivity contribution in [3.8, 4) is 5.75 Å². The van der Waals surface area contributed by atoms with Crippen molar-refractivity contribution in [3.63, 3.8) is 0 Å². The summed E-state index contributed by atoms with van der Waals surface area (Å²) in [5.41, 5.74) is 1.01. The Labute approximate surface area is 105 Å². The van der Waals surface area contributed by atoms with Crippen molar-refractivity contribution in [2.75, 3.05) is 6.54 Å². The van der Waals surface area contributed by atoms with Crippen molar-refractivity contribution in [2.45, 2.75) is 25.4 Å². The number of para-hydroxylation sites is 1. The van der Waals surface area contributed by atoms with Gasteiger partial charge in [0.1, 0.15) is 5.75 Å². The molecule has 0 radical (unpaired) electrons. The van der Waals surface area contributed by atoms with Crippen LogP contribution in [-0.4, -0.2) is 29.6 Å². The zero-order valence-electron chi connectivity index (χ0n) is 10.1. The van der Waals surface area contributed by atoms with Crippen molar-refractivity contribution < 1.29 is 19.4 Å². The second-order valence-corrected chi connectivity index (χ2v) is 4.30. The van der Waals surface area contributed by atoms with Gasteiger partial charge in [-0.25, -0.2) is 0 Å². The Morgan fingerprint density at radius 2 is 2.11 bits per heavy atom. The summed E-state index contributed by atoms with van der Waals surface area (Å²) in [6.45, 7) is 2.05. The second kappa shape index (κ2) is 5.08. The van der Waals surface area contributed by atoms with Gasteiger partial charge >= 0.3 is 5.97 Å². The minimum absolute atomic E-state index is 0.0222. The molecule has 1 aliphatic heterocycles. The van der Waals surface area contributed by atoms with Crippen LogP contribution in [0.3, 0.4) is 0 Å². The van der Waals surface area contributed by atoms with Gasteiger partial charge in [-0.15, -0.1) is 0 Å². The van der Waals surface area contributed by atoms with Crippen LogP contribution in [0.1, 0.15) is 24.8 Å². The number of benzene rings is 1. The summed E-state index contributed by atoms with van der Waals surface area (Å²) in [6, 6.07) is 7.53. The monoisotopic (exact) mass is 249 g/mol. The molecule has 0 fully saturated rings. The van der Waals surface area contributed by atoms with E-state index in [9.17, 15) is 9.59 Å². The number of carboxylic acids is 1. The molecule has 1 aromatic rings. The van der Waals surface area contributed by atoms with E-state index in [0.717, 1.165) is 11.3 Å². The van der Waals surface area contributed by atoms with Gasteiger partial charge in [-0.1, -0.05) is 25.1 Å². The van der Waals surface area contributed by atoms with Gasteiger partial charge in [0.25, 0.3) is 5.91 Å². The maximum Gasteiger partial charge on any atom is 0.305 e. The lowest BCUT2D eigenvalue weighted by Gasteiger charge is -2.14. The van der Waals surface area contributed by atoms with E-state index in [0.29, 0.717) is 0 Å². The Kier molecular flexibility index (Phi) is 3.50. The highest BCUT2D eigenvalue weighted by atomic mass is 16.5. The van der Waals surface area contributed by atoms with Crippen molar-refractivity contribution in [3.05, 3.63) is 29.8 Å². The lowest BCUT2D eigenvalue weighted by molar-refractivity contribution is -0.137. The van der Waals surface area contributed by atoms with Crippen LogP contribution in [0.4, 0.5) is 0 Å². The molecule has 1 aliphatic rings. The Hall–Kier alpha value is -2.04. The third-order valence-electron chi connectivity index (χ3n) is 3.01. The average molecular weight is 249 g/mol. The van der Waals surface area contributed by atoms with Crippen LogP contribution in [0, 0.1) is 0 Å². The van der Waals surface area contributed by atoms with Gasteiger partial charge in [-0.05, 0) is 6.07 Å². The van der Waals surface area contributed by atoms with Crippen LogP contribution >= 0.6 is 0 Å². The number of hydrogen-bond acceptors (Lipinski definition) is 3. The molecule has 1 aromatic carbocycles. The maximum atomic E-state index is 11.9. The molecule has 0 unspecified atom stereocenters. The molecule has 0 bridgehead atoms. The fourth-order valence-electron chi connectivity index (χ4n) is 2.04. The second-order valence-electron chi connectivity index (χ2n) is 4.30. The number of hydrogen-bond donors (Lipinski definition) is 2. The minimum atomic E-state index is -0.932. The Balaban J connectivity index is 1.96. The van der Waals surface area contributed by atoms with Gasteiger partial charge in [-0.2, -0.15) is 0 Å². The highest BCUT2D eigenvalue weighted by Crippen LogP contribution is 2.37. The highest BCUT2D eigenvalue weighted by molar-refractivity contribution is 5.83. The summed E-state index contributed by atoms with van der Waals surface area (Å²) in [5, 5.41) is 11.1. The fourth-order valence-corrected chi connectivity index (χ4v) is 2.04. The largest absolute Gasteiger partial charge is 0.481 e. The van der Waals surface area contributed by atoms with Crippen LogP contribution in [0.5, 0.6) is 5.75 Å². The molecule has 0 saturated carbocycles. The Morgan fingerprint density at radius 3 is 2.78 bits per heavy atom. The molecule has 2 N–H and O–H groups in total. The van der Waals surface area contributed by atoms with Crippen LogP contribution in [-0.2, 0) is 9.59 Å². The first-order valence-electron chi connectivity index (χ1n) is 5.84. The number of carbonyl (C=O) groups is 2. The fraction of sp³-hybridized carbons (Fsp3) is 0.385. The number of amides is 1. The smallest absolute Gasteiger partial charge is 0.305 e. The van der Waals surface area contributed by atoms with E-state index in [1.165, 1.54) is 0 Å². The summed E-state index contributed by atoms with van der Waals surface area (Å²) in [6.07, 6.45) is -0.657. The summed E-state index contributed by atoms with van der Waals surface area (Å²) in [7, 11) is 0. The van der Waals surface area contributed by atoms with Crippen molar-refractivity contribution in [1.82, 2.24) is 5.32 Å². The Morgan fingerprint density at radius 1 is 1.39 bits per heavy atom. The number of nitrogens with one attached hydrogen (secondary N) is 1. The van der Waals surface area contributed by atoms with Gasteiger partial charge < -0.3 is 15.2 Å². The van der Waals surface area contributed by atoms with Gasteiger partial charge in [0.15, 0.2) is 6.10 Å². The highest BCUT2D eigenvalue weighted by Gasteiger charge is 2.35. The molecular weight excluding hydrogens is 234 g/mol. The number of ether oxygens (including phenoxy) is 1. The van der Waals surface area contributed by atoms with Gasteiger partial charge in [0, 0.05) is 18.0 Å².